The SMILES string of the molecule is c1cc(-c2ccc3oc4ccc(-n5c6ccccc6c6ccccc65)cc4c3c2)cc(-n2c3cc4ccccc4n3c3ccccc3n3c4ccccc4nc23)c1. The lowest BCUT2D eigenvalue weighted by molar-refractivity contribution is 0.669. The second-order valence-corrected chi connectivity index (χ2v) is 14.9. The van der Waals surface area contributed by atoms with Crippen molar-refractivity contribution in [1.82, 2.24) is 22.9 Å². The van der Waals surface area contributed by atoms with Gasteiger partial charge in [-0.3, -0.25) is 13.4 Å². The molecule has 0 spiro atoms. The molecule has 0 atom stereocenters. The molecule has 0 unspecified atom stereocenters. The second-order valence-electron chi connectivity index (χ2n) is 14.9. The Morgan fingerprint density at radius 1 is 0.368 bits per heavy atom. The highest BCUT2D eigenvalue weighted by atomic mass is 16.3. The third kappa shape index (κ3) is 4.26. The number of imidazole rings is 1. The van der Waals surface area contributed by atoms with Crippen molar-refractivity contribution in [3.8, 4) is 22.5 Å². The average molecular weight is 730 g/mol. The summed E-state index contributed by atoms with van der Waals surface area (Å²) in [6.45, 7) is 0. The summed E-state index contributed by atoms with van der Waals surface area (Å²) in [5.74, 6) is 0.844. The maximum atomic E-state index is 6.46. The predicted octanol–water partition coefficient (Wildman–Crippen LogP) is 13.1. The summed E-state index contributed by atoms with van der Waals surface area (Å²) in [4.78, 5) is 5.34. The van der Waals surface area contributed by atoms with Crippen molar-refractivity contribution in [3.63, 3.8) is 0 Å². The van der Waals surface area contributed by atoms with Crippen LogP contribution in [0, 0.1) is 0 Å². The Bertz CT molecular complexity index is 3670. The molecule has 0 aliphatic heterocycles. The van der Waals surface area contributed by atoms with Crippen LogP contribution >= 0.6 is 0 Å². The van der Waals surface area contributed by atoms with Crippen LogP contribution in [-0.4, -0.2) is 22.9 Å². The van der Waals surface area contributed by atoms with Gasteiger partial charge in [0.1, 0.15) is 16.8 Å². The molecule has 13 rings (SSSR count). The molecule has 13 aromatic rings. The lowest BCUT2D eigenvalue weighted by atomic mass is 10.0. The molecule has 0 N–H and O–H groups in total. The molecule has 0 aliphatic carbocycles. The first-order valence-corrected chi connectivity index (χ1v) is 19.3. The molecule has 5 aromatic heterocycles. The summed E-state index contributed by atoms with van der Waals surface area (Å²) in [7, 11) is 0. The largest absolute Gasteiger partial charge is 0.456 e. The van der Waals surface area contributed by atoms with Crippen LogP contribution in [0.2, 0.25) is 0 Å². The van der Waals surface area contributed by atoms with Crippen LogP contribution in [0.4, 0.5) is 0 Å². The van der Waals surface area contributed by atoms with Crippen molar-refractivity contribution >= 4 is 88.1 Å². The predicted molar refractivity (Wildman–Crippen MR) is 234 cm³/mol. The van der Waals surface area contributed by atoms with Gasteiger partial charge in [0.25, 0.3) is 0 Å². The molecular formula is C51H31N5O. The van der Waals surface area contributed by atoms with Crippen molar-refractivity contribution in [2.24, 2.45) is 0 Å². The molecule has 0 saturated heterocycles. The minimum absolute atomic E-state index is 0.844. The number of fused-ring (bicyclic) bond motifs is 15. The number of aromatic nitrogens is 5. The summed E-state index contributed by atoms with van der Waals surface area (Å²) in [5.41, 5.74) is 14.8. The van der Waals surface area contributed by atoms with Gasteiger partial charge in [0.15, 0.2) is 0 Å². The number of para-hydroxylation sites is 7. The number of nitrogens with zero attached hydrogens (tertiary/aromatic N) is 5. The molecule has 0 fully saturated rings. The van der Waals surface area contributed by atoms with Gasteiger partial charge in [-0.05, 0) is 102 Å². The molecule has 0 amide bonds. The van der Waals surface area contributed by atoms with Crippen LogP contribution in [0.3, 0.4) is 0 Å². The highest BCUT2D eigenvalue weighted by molar-refractivity contribution is 6.11. The number of benzene rings is 8. The van der Waals surface area contributed by atoms with Crippen LogP contribution < -0.4 is 0 Å². The number of furan rings is 1. The van der Waals surface area contributed by atoms with E-state index in [1.807, 2.05) is 0 Å². The zero-order chi connectivity index (χ0) is 37.2. The van der Waals surface area contributed by atoms with E-state index >= 15 is 0 Å². The first-order valence-electron chi connectivity index (χ1n) is 19.3. The van der Waals surface area contributed by atoms with E-state index in [1.165, 1.54) is 27.2 Å². The molecular weight excluding hydrogens is 699 g/mol. The van der Waals surface area contributed by atoms with Crippen LogP contribution in [0.1, 0.15) is 0 Å². The van der Waals surface area contributed by atoms with Gasteiger partial charge in [-0.15, -0.1) is 0 Å². The number of rotatable bonds is 3. The molecule has 6 nitrogen and oxygen atoms in total. The van der Waals surface area contributed by atoms with Crippen molar-refractivity contribution in [2.75, 3.05) is 0 Å². The van der Waals surface area contributed by atoms with Gasteiger partial charge in [-0.25, -0.2) is 4.98 Å². The van der Waals surface area contributed by atoms with E-state index in [1.54, 1.807) is 0 Å². The van der Waals surface area contributed by atoms with Crippen molar-refractivity contribution in [3.05, 3.63) is 188 Å². The van der Waals surface area contributed by atoms with Crippen molar-refractivity contribution in [1.29, 1.82) is 0 Å². The number of hydrogen-bond donors (Lipinski definition) is 0. The third-order valence-corrected chi connectivity index (χ3v) is 11.8. The molecule has 57 heavy (non-hydrogen) atoms. The van der Waals surface area contributed by atoms with Gasteiger partial charge >= 0.3 is 0 Å². The fourth-order valence-electron chi connectivity index (χ4n) is 9.26. The molecule has 8 aromatic carbocycles. The topological polar surface area (TPSA) is 44.7 Å². The van der Waals surface area contributed by atoms with Gasteiger partial charge in [0.2, 0.25) is 5.78 Å². The smallest absolute Gasteiger partial charge is 0.221 e. The summed E-state index contributed by atoms with van der Waals surface area (Å²) >= 11 is 0. The van der Waals surface area contributed by atoms with E-state index in [9.17, 15) is 0 Å². The molecule has 266 valence electrons. The van der Waals surface area contributed by atoms with Crippen LogP contribution in [0.25, 0.3) is 111 Å². The van der Waals surface area contributed by atoms with E-state index in [4.69, 9.17) is 9.40 Å². The Balaban J connectivity index is 1.05. The summed E-state index contributed by atoms with van der Waals surface area (Å²) in [6.07, 6.45) is 0. The van der Waals surface area contributed by atoms with E-state index in [0.29, 0.717) is 0 Å². The standard InChI is InChI=1S/C51H31N5O/c1-5-18-42-34(12-1)30-50-54(51-52-41-17-4-8-21-45(41)56(51)47-23-10-9-22-46(47)55(42)50)35-14-11-13-32(28-35)33-24-26-48-39(29-33)40-31-36(25-27-49(40)57-48)53-43-19-6-2-15-37(43)38-16-3-7-20-44(38)53/h1-31H. The fourth-order valence-corrected chi connectivity index (χ4v) is 9.26. The van der Waals surface area contributed by atoms with Crippen molar-refractivity contribution in [2.45, 2.75) is 0 Å². The minimum Gasteiger partial charge on any atom is -0.456 e. The van der Waals surface area contributed by atoms with Gasteiger partial charge < -0.3 is 8.98 Å². The van der Waals surface area contributed by atoms with Crippen LogP contribution in [0.5, 0.6) is 0 Å². The van der Waals surface area contributed by atoms with Gasteiger partial charge in [0.05, 0.1) is 44.3 Å². The number of hydrogen-bond acceptors (Lipinski definition) is 2. The minimum atomic E-state index is 0.844. The monoisotopic (exact) mass is 729 g/mol. The second kappa shape index (κ2) is 11.4. The fraction of sp³-hybridized carbons (Fsp3) is 0. The summed E-state index contributed by atoms with van der Waals surface area (Å²) < 4.78 is 15.8. The summed E-state index contributed by atoms with van der Waals surface area (Å²) in [6, 6.07) is 67.2. The summed E-state index contributed by atoms with van der Waals surface area (Å²) in [5, 5.41) is 5.84. The Morgan fingerprint density at radius 3 is 1.75 bits per heavy atom. The quantitative estimate of drug-likeness (QED) is 0.182. The maximum absolute atomic E-state index is 6.46. The zero-order valence-corrected chi connectivity index (χ0v) is 30.5. The third-order valence-electron chi connectivity index (χ3n) is 11.8. The molecule has 0 radical (unpaired) electrons. The molecule has 5 heterocycles. The molecule has 0 aliphatic rings. The van der Waals surface area contributed by atoms with E-state index < -0.39 is 0 Å². The lowest BCUT2D eigenvalue weighted by Crippen LogP contribution is -2.01. The van der Waals surface area contributed by atoms with Gasteiger partial charge in [-0.2, -0.15) is 0 Å². The molecule has 6 heteroatoms. The Hall–Kier alpha value is -7.83. The Kier molecular flexibility index (Phi) is 6.07. The first kappa shape index (κ1) is 30.5. The van der Waals surface area contributed by atoms with Gasteiger partial charge in [0, 0.05) is 32.6 Å². The highest BCUT2D eigenvalue weighted by Crippen LogP contribution is 2.38. The Labute approximate surface area is 324 Å². The molecule has 0 saturated carbocycles. The lowest BCUT2D eigenvalue weighted by Gasteiger charge is -2.11. The first-order chi connectivity index (χ1) is 28.3. The van der Waals surface area contributed by atoms with Gasteiger partial charge in [-0.1, -0.05) is 97.1 Å². The Morgan fingerprint density at radius 2 is 0.965 bits per heavy atom. The van der Waals surface area contributed by atoms with E-state index in [0.717, 1.165) is 83.4 Å². The van der Waals surface area contributed by atoms with Crippen molar-refractivity contribution < 1.29 is 4.42 Å². The maximum Gasteiger partial charge on any atom is 0.221 e. The average Bonchev–Trinajstić information content (AvgIpc) is 4.01. The zero-order valence-electron chi connectivity index (χ0n) is 30.5. The van der Waals surface area contributed by atoms with Crippen LogP contribution in [-0.2, 0) is 0 Å². The van der Waals surface area contributed by atoms with E-state index in [2.05, 4.69) is 206 Å². The van der Waals surface area contributed by atoms with E-state index in [-0.39, 0.29) is 0 Å². The molecule has 0 bridgehead atoms. The normalized spacial score (nSPS) is 12.2. The van der Waals surface area contributed by atoms with Crippen LogP contribution in [0.15, 0.2) is 192 Å². The highest BCUT2D eigenvalue weighted by Gasteiger charge is 2.19.